The van der Waals surface area contributed by atoms with Crippen molar-refractivity contribution in [1.29, 1.82) is 0 Å². The van der Waals surface area contributed by atoms with E-state index in [1.54, 1.807) is 49.4 Å². The van der Waals surface area contributed by atoms with Crippen molar-refractivity contribution in [2.24, 2.45) is 10.3 Å². The topological polar surface area (TPSA) is 117 Å². The van der Waals surface area contributed by atoms with Gasteiger partial charge in [-0.05, 0) is 50.1 Å². The van der Waals surface area contributed by atoms with Crippen LogP contribution in [0.1, 0.15) is 25.3 Å². The molecule has 2 aromatic carbocycles. The van der Waals surface area contributed by atoms with Gasteiger partial charge in [0.15, 0.2) is 11.9 Å². The molecule has 0 spiro atoms. The molecule has 5 rings (SSSR count). The number of hydrogen-bond donors (Lipinski definition) is 2. The summed E-state index contributed by atoms with van der Waals surface area (Å²) >= 11 is 0. The number of sulfonamides is 1. The molecule has 32 heavy (non-hydrogen) atoms. The van der Waals surface area contributed by atoms with Crippen molar-refractivity contribution in [2.45, 2.75) is 30.8 Å². The first-order valence-corrected chi connectivity index (χ1v) is 11.9. The maximum absolute atomic E-state index is 12.8. The molecule has 10 heteroatoms. The molecule has 3 aliphatic heterocycles. The zero-order valence-electron chi connectivity index (χ0n) is 17.4. The predicted octanol–water partition coefficient (Wildman–Crippen LogP) is 2.21. The summed E-state index contributed by atoms with van der Waals surface area (Å²) < 4.78 is 34.1. The highest BCUT2D eigenvalue weighted by molar-refractivity contribution is 7.90. The second-order valence-corrected chi connectivity index (χ2v) is 9.67. The van der Waals surface area contributed by atoms with Crippen molar-refractivity contribution < 1.29 is 22.7 Å². The Bertz CT molecular complexity index is 1250. The van der Waals surface area contributed by atoms with E-state index in [0.717, 1.165) is 0 Å². The number of piperidine rings is 1. The number of nitrogens with zero attached hydrogens (tertiary/aromatic N) is 2. The molecule has 1 saturated heterocycles. The summed E-state index contributed by atoms with van der Waals surface area (Å²) in [7, 11) is -3.66. The van der Waals surface area contributed by atoms with Crippen molar-refractivity contribution in [1.82, 2.24) is 4.90 Å². The fourth-order valence-electron chi connectivity index (χ4n) is 4.20. The molecule has 0 bridgehead atoms. The quantitative estimate of drug-likeness (QED) is 0.719. The molecule has 1 fully saturated rings. The Labute approximate surface area is 185 Å². The lowest BCUT2D eigenvalue weighted by Crippen LogP contribution is -2.41. The van der Waals surface area contributed by atoms with Crippen molar-refractivity contribution >= 4 is 39.0 Å². The monoisotopic (exact) mass is 454 g/mol. The molecule has 2 N–H and O–H groups in total. The normalized spacial score (nSPS) is 21.7. The number of anilines is 2. The van der Waals surface area contributed by atoms with E-state index >= 15 is 0 Å². The van der Waals surface area contributed by atoms with E-state index in [2.05, 4.69) is 15.0 Å². The van der Waals surface area contributed by atoms with Crippen LogP contribution in [0.15, 0.2) is 51.8 Å². The minimum Gasteiger partial charge on any atom is -0.479 e. The lowest BCUT2D eigenvalue weighted by atomic mass is 9.95. The number of hydrogen-bond acceptors (Lipinski definition) is 6. The van der Waals surface area contributed by atoms with Crippen LogP contribution in [-0.4, -0.2) is 50.2 Å². The average molecular weight is 455 g/mol. The number of fused-ring (bicyclic) bond motifs is 2. The number of rotatable bonds is 2. The Morgan fingerprint density at radius 1 is 1.19 bits per heavy atom. The highest BCUT2D eigenvalue weighted by atomic mass is 32.2. The van der Waals surface area contributed by atoms with Crippen molar-refractivity contribution in [3.05, 3.63) is 48.0 Å². The van der Waals surface area contributed by atoms with Gasteiger partial charge in [-0.2, -0.15) is 8.42 Å². The van der Waals surface area contributed by atoms with Gasteiger partial charge in [0.2, 0.25) is 5.91 Å². The van der Waals surface area contributed by atoms with Gasteiger partial charge in [0.25, 0.3) is 15.9 Å². The first-order valence-electron chi connectivity index (χ1n) is 10.4. The molecule has 2 amide bonds. The van der Waals surface area contributed by atoms with Crippen LogP contribution in [0.2, 0.25) is 0 Å². The van der Waals surface area contributed by atoms with Crippen LogP contribution < -0.4 is 15.4 Å². The number of benzene rings is 2. The fourth-order valence-corrected chi connectivity index (χ4v) is 5.43. The number of carbonyl (C=O) groups is 2. The summed E-state index contributed by atoms with van der Waals surface area (Å²) in [5, 5.41) is 5.68. The number of nitrogens with one attached hydrogen (secondary N) is 2. The Balaban J connectivity index is 1.23. The fraction of sp³-hybridized carbons (Fsp3) is 0.318. The Kier molecular flexibility index (Phi) is 4.89. The Hall–Kier alpha value is -3.40. The van der Waals surface area contributed by atoms with Crippen LogP contribution in [-0.2, 0) is 19.6 Å². The number of amides is 2. The zero-order valence-corrected chi connectivity index (χ0v) is 18.2. The lowest BCUT2D eigenvalue weighted by Gasteiger charge is -2.32. The molecule has 3 aliphatic rings. The van der Waals surface area contributed by atoms with Crippen LogP contribution in [0.25, 0.3) is 0 Å². The highest BCUT2D eigenvalue weighted by Crippen LogP contribution is 2.33. The Morgan fingerprint density at radius 2 is 1.94 bits per heavy atom. The highest BCUT2D eigenvalue weighted by Gasteiger charge is 2.34. The van der Waals surface area contributed by atoms with Gasteiger partial charge < -0.3 is 20.3 Å². The van der Waals surface area contributed by atoms with Gasteiger partial charge >= 0.3 is 0 Å². The molecule has 9 nitrogen and oxygen atoms in total. The summed E-state index contributed by atoms with van der Waals surface area (Å²) in [5.74, 6) is 0.478. The van der Waals surface area contributed by atoms with Crippen LogP contribution >= 0.6 is 0 Å². The van der Waals surface area contributed by atoms with E-state index in [4.69, 9.17) is 4.74 Å². The molecule has 2 aromatic rings. The Morgan fingerprint density at radius 3 is 2.72 bits per heavy atom. The lowest BCUT2D eigenvalue weighted by molar-refractivity contribution is -0.122. The number of likely N-dealkylation sites (tertiary alicyclic amines) is 1. The third-order valence-electron chi connectivity index (χ3n) is 5.96. The third kappa shape index (κ3) is 3.60. The molecule has 166 valence electrons. The number of ether oxygens (including phenoxy) is 1. The smallest absolute Gasteiger partial charge is 0.285 e. The second kappa shape index (κ2) is 7.63. The molecule has 3 heterocycles. The van der Waals surface area contributed by atoms with Gasteiger partial charge in [0.1, 0.15) is 10.6 Å². The molecule has 0 unspecified atom stereocenters. The summed E-state index contributed by atoms with van der Waals surface area (Å²) in [6, 6.07) is 11.9. The second-order valence-electron chi connectivity index (χ2n) is 8.10. The SMILES string of the molecule is C[C@@H]1Oc2ccc(NC(=O)C3CCN(C4=NS(=O)(=O)c5ccccc54)CC3)cc2NC1=O. The molecular weight excluding hydrogens is 432 g/mol. The van der Waals surface area contributed by atoms with E-state index < -0.39 is 16.1 Å². The van der Waals surface area contributed by atoms with E-state index in [0.29, 0.717) is 54.5 Å². The largest absolute Gasteiger partial charge is 0.479 e. The van der Waals surface area contributed by atoms with E-state index in [-0.39, 0.29) is 22.6 Å². The van der Waals surface area contributed by atoms with Crippen LogP contribution in [0.4, 0.5) is 11.4 Å². The standard InChI is InChI=1S/C22H22N4O5S/c1-13-21(27)24-17-12-15(6-7-18(17)31-13)23-22(28)14-8-10-26(11-9-14)20-16-4-2-3-5-19(16)32(29,30)25-20/h2-7,12-14H,8-11H2,1H3,(H,23,28)(H,24,27)/t13-/m0/s1. The first-order chi connectivity index (χ1) is 15.3. The first kappa shape index (κ1) is 20.5. The zero-order chi connectivity index (χ0) is 22.5. The molecule has 1 atom stereocenters. The van der Waals surface area contributed by atoms with Crippen molar-refractivity contribution in [3.63, 3.8) is 0 Å². The number of amidine groups is 1. The van der Waals surface area contributed by atoms with E-state index in [9.17, 15) is 18.0 Å². The maximum Gasteiger partial charge on any atom is 0.285 e. The molecule has 0 aliphatic carbocycles. The van der Waals surface area contributed by atoms with E-state index in [1.807, 2.05) is 4.90 Å². The summed E-state index contributed by atoms with van der Waals surface area (Å²) in [4.78, 5) is 26.8. The third-order valence-corrected chi connectivity index (χ3v) is 7.28. The summed E-state index contributed by atoms with van der Waals surface area (Å²) in [5.41, 5.74) is 1.72. The van der Waals surface area contributed by atoms with Crippen molar-refractivity contribution in [2.75, 3.05) is 23.7 Å². The molecule has 0 saturated carbocycles. The molecule has 0 aromatic heterocycles. The number of carbonyl (C=O) groups excluding carboxylic acids is 2. The van der Waals surface area contributed by atoms with Crippen LogP contribution in [0, 0.1) is 5.92 Å². The average Bonchev–Trinajstić information content (AvgIpc) is 3.06. The maximum atomic E-state index is 12.8. The van der Waals surface area contributed by atoms with Crippen molar-refractivity contribution in [3.8, 4) is 5.75 Å². The molecule has 0 radical (unpaired) electrons. The van der Waals surface area contributed by atoms with Gasteiger partial charge in [0, 0.05) is 30.3 Å². The summed E-state index contributed by atoms with van der Waals surface area (Å²) in [6.45, 7) is 2.74. The summed E-state index contributed by atoms with van der Waals surface area (Å²) in [6.07, 6.45) is 0.602. The van der Waals surface area contributed by atoms with Gasteiger partial charge in [-0.15, -0.1) is 4.40 Å². The predicted molar refractivity (Wildman–Crippen MR) is 118 cm³/mol. The van der Waals surface area contributed by atoms with Crippen LogP contribution in [0.5, 0.6) is 5.75 Å². The minimum atomic E-state index is -3.66. The van der Waals surface area contributed by atoms with Crippen LogP contribution in [0.3, 0.4) is 0 Å². The minimum absolute atomic E-state index is 0.109. The van der Waals surface area contributed by atoms with Gasteiger partial charge in [-0.1, -0.05) is 12.1 Å². The molecular formula is C22H22N4O5S. The van der Waals surface area contributed by atoms with E-state index in [1.165, 1.54) is 0 Å². The van der Waals surface area contributed by atoms with Gasteiger partial charge in [0.05, 0.1) is 5.69 Å². The van der Waals surface area contributed by atoms with Gasteiger partial charge in [-0.3, -0.25) is 9.59 Å². The van der Waals surface area contributed by atoms with Gasteiger partial charge in [-0.25, -0.2) is 0 Å².